The average molecular weight is 239 g/mol. The van der Waals surface area contributed by atoms with Gasteiger partial charge in [0.2, 0.25) is 0 Å². The van der Waals surface area contributed by atoms with Crippen molar-refractivity contribution < 1.29 is 17.6 Å². The highest BCUT2D eigenvalue weighted by molar-refractivity contribution is 7.99. The minimum atomic E-state index is -2.70. The first-order chi connectivity index (χ1) is 7.00. The van der Waals surface area contributed by atoms with Crippen molar-refractivity contribution in [1.29, 1.82) is 0 Å². The van der Waals surface area contributed by atoms with Gasteiger partial charge in [0.05, 0.1) is 6.04 Å². The molecule has 1 nitrogen and oxygen atoms in total. The molecule has 0 radical (unpaired) electrons. The topological polar surface area (TPSA) is 26.0 Å². The molecule has 6 heteroatoms. The first-order valence-corrected chi connectivity index (χ1v) is 4.97. The summed E-state index contributed by atoms with van der Waals surface area (Å²) in [6.45, 7) is 0. The summed E-state index contributed by atoms with van der Waals surface area (Å²) in [6.07, 6.45) is -2.70. The van der Waals surface area contributed by atoms with Gasteiger partial charge in [-0.2, -0.15) is 8.78 Å². The molecule has 1 rings (SSSR count). The number of benzene rings is 1. The van der Waals surface area contributed by atoms with Gasteiger partial charge in [-0.1, -0.05) is 23.9 Å². The SMILES string of the molecule is NC(c1cccc(SC(F)F)c1)C(F)F. The number of thioether (sulfide) groups is 1. The van der Waals surface area contributed by atoms with Crippen LogP contribution in [-0.2, 0) is 0 Å². The highest BCUT2D eigenvalue weighted by Crippen LogP contribution is 2.28. The lowest BCUT2D eigenvalue weighted by Gasteiger charge is -2.11. The predicted molar refractivity (Wildman–Crippen MR) is 51.2 cm³/mol. The van der Waals surface area contributed by atoms with Crippen LogP contribution >= 0.6 is 11.8 Å². The fourth-order valence-electron chi connectivity index (χ4n) is 1.04. The Morgan fingerprint density at radius 2 is 1.80 bits per heavy atom. The van der Waals surface area contributed by atoms with Crippen LogP contribution in [0.5, 0.6) is 0 Å². The second-order valence-corrected chi connectivity index (χ2v) is 3.87. The summed E-state index contributed by atoms with van der Waals surface area (Å²) >= 11 is 0.308. The van der Waals surface area contributed by atoms with Crippen LogP contribution in [0.4, 0.5) is 17.6 Å². The first kappa shape index (κ1) is 12.3. The Balaban J connectivity index is 2.82. The van der Waals surface area contributed by atoms with E-state index in [-0.39, 0.29) is 10.5 Å². The van der Waals surface area contributed by atoms with Crippen molar-refractivity contribution >= 4 is 11.8 Å². The molecule has 1 unspecified atom stereocenters. The Kier molecular flexibility index (Phi) is 4.41. The Morgan fingerprint density at radius 3 is 2.33 bits per heavy atom. The van der Waals surface area contributed by atoms with E-state index < -0.39 is 18.2 Å². The molecule has 1 aromatic rings. The molecule has 0 amide bonds. The number of alkyl halides is 4. The van der Waals surface area contributed by atoms with Gasteiger partial charge >= 0.3 is 0 Å². The highest BCUT2D eigenvalue weighted by Gasteiger charge is 2.18. The van der Waals surface area contributed by atoms with Crippen LogP contribution in [0.1, 0.15) is 11.6 Å². The molecule has 0 aliphatic rings. The van der Waals surface area contributed by atoms with Gasteiger partial charge in [0.25, 0.3) is 12.2 Å². The van der Waals surface area contributed by atoms with Gasteiger partial charge in [-0.3, -0.25) is 0 Å². The van der Waals surface area contributed by atoms with Gasteiger partial charge in [-0.15, -0.1) is 0 Å². The number of hydrogen-bond acceptors (Lipinski definition) is 2. The predicted octanol–water partition coefficient (Wildman–Crippen LogP) is 3.27. The molecule has 0 fully saturated rings. The Hall–Kier alpha value is -0.750. The second-order valence-electron chi connectivity index (χ2n) is 2.81. The molecule has 0 aliphatic carbocycles. The van der Waals surface area contributed by atoms with Crippen molar-refractivity contribution in [2.75, 3.05) is 0 Å². The van der Waals surface area contributed by atoms with E-state index in [0.717, 1.165) is 0 Å². The van der Waals surface area contributed by atoms with Crippen molar-refractivity contribution in [3.63, 3.8) is 0 Å². The zero-order chi connectivity index (χ0) is 11.4. The van der Waals surface area contributed by atoms with Gasteiger partial charge in [0.1, 0.15) is 0 Å². The van der Waals surface area contributed by atoms with E-state index >= 15 is 0 Å². The molecule has 0 saturated heterocycles. The number of hydrogen-bond donors (Lipinski definition) is 1. The van der Waals surface area contributed by atoms with Crippen molar-refractivity contribution in [2.45, 2.75) is 23.1 Å². The summed E-state index contributed by atoms with van der Waals surface area (Å²) in [7, 11) is 0. The first-order valence-electron chi connectivity index (χ1n) is 4.09. The van der Waals surface area contributed by atoms with Crippen LogP contribution in [0.15, 0.2) is 29.2 Å². The fraction of sp³-hybridized carbons (Fsp3) is 0.333. The lowest BCUT2D eigenvalue weighted by Crippen LogP contribution is -2.18. The summed E-state index contributed by atoms with van der Waals surface area (Å²) in [6, 6.07) is 4.09. The van der Waals surface area contributed by atoms with Crippen LogP contribution in [-0.4, -0.2) is 12.2 Å². The molecule has 15 heavy (non-hydrogen) atoms. The maximum atomic E-state index is 12.2. The minimum absolute atomic E-state index is 0.163. The summed E-state index contributed by atoms with van der Waals surface area (Å²) in [5.41, 5.74) is 5.35. The molecule has 0 saturated carbocycles. The molecule has 0 heterocycles. The Labute approximate surface area is 88.7 Å². The molecule has 84 valence electrons. The normalized spacial score (nSPS) is 13.5. The lowest BCUT2D eigenvalue weighted by molar-refractivity contribution is 0.116. The largest absolute Gasteiger partial charge is 0.319 e. The molecule has 1 atom stereocenters. The van der Waals surface area contributed by atoms with Gasteiger partial charge in [-0.25, -0.2) is 8.78 Å². The van der Waals surface area contributed by atoms with E-state index in [1.54, 1.807) is 0 Å². The van der Waals surface area contributed by atoms with E-state index in [1.807, 2.05) is 0 Å². The van der Waals surface area contributed by atoms with Gasteiger partial charge < -0.3 is 5.73 Å². The summed E-state index contributed by atoms with van der Waals surface area (Å²) < 4.78 is 48.4. The average Bonchev–Trinajstić information content (AvgIpc) is 2.16. The quantitative estimate of drug-likeness (QED) is 0.644. The molecular formula is C9H9F4NS. The van der Waals surface area contributed by atoms with Crippen molar-refractivity contribution in [3.8, 4) is 0 Å². The molecule has 1 aromatic carbocycles. The van der Waals surface area contributed by atoms with Crippen LogP contribution < -0.4 is 5.73 Å². The van der Waals surface area contributed by atoms with E-state index in [0.29, 0.717) is 11.8 Å². The van der Waals surface area contributed by atoms with Crippen LogP contribution in [0.25, 0.3) is 0 Å². The van der Waals surface area contributed by atoms with E-state index in [4.69, 9.17) is 5.73 Å². The highest BCUT2D eigenvalue weighted by atomic mass is 32.2. The summed E-state index contributed by atoms with van der Waals surface area (Å²) in [5.74, 6) is -2.57. The molecule has 0 bridgehead atoms. The van der Waals surface area contributed by atoms with E-state index in [9.17, 15) is 17.6 Å². The maximum Gasteiger partial charge on any atom is 0.288 e. The summed E-state index contributed by atoms with van der Waals surface area (Å²) in [5, 5.41) is 0. The minimum Gasteiger partial charge on any atom is -0.319 e. The second kappa shape index (κ2) is 5.37. The van der Waals surface area contributed by atoms with Crippen LogP contribution in [0.3, 0.4) is 0 Å². The monoisotopic (exact) mass is 239 g/mol. The van der Waals surface area contributed by atoms with Gasteiger partial charge in [-0.05, 0) is 17.7 Å². The number of halogens is 4. The third-order valence-corrected chi connectivity index (χ3v) is 2.44. The molecular weight excluding hydrogens is 230 g/mol. The van der Waals surface area contributed by atoms with E-state index in [2.05, 4.69) is 0 Å². The zero-order valence-corrected chi connectivity index (χ0v) is 8.36. The smallest absolute Gasteiger partial charge is 0.288 e. The summed E-state index contributed by atoms with van der Waals surface area (Å²) in [4.78, 5) is 0.235. The molecule has 0 aromatic heterocycles. The molecule has 0 aliphatic heterocycles. The standard InChI is InChI=1S/C9H9F4NS/c10-8(11)7(14)5-2-1-3-6(4-5)15-9(12)13/h1-4,7-9H,14H2. The van der Waals surface area contributed by atoms with Crippen LogP contribution in [0, 0.1) is 0 Å². The Bertz CT molecular complexity index is 319. The van der Waals surface area contributed by atoms with Crippen LogP contribution in [0.2, 0.25) is 0 Å². The number of nitrogens with two attached hydrogens (primary N) is 1. The third kappa shape index (κ3) is 3.71. The zero-order valence-electron chi connectivity index (χ0n) is 7.54. The molecule has 2 N–H and O–H groups in total. The van der Waals surface area contributed by atoms with E-state index in [1.165, 1.54) is 24.3 Å². The van der Waals surface area contributed by atoms with Gasteiger partial charge in [0.15, 0.2) is 0 Å². The van der Waals surface area contributed by atoms with Gasteiger partial charge in [0, 0.05) is 4.90 Å². The maximum absolute atomic E-state index is 12.2. The Morgan fingerprint density at radius 1 is 1.13 bits per heavy atom. The molecule has 0 spiro atoms. The van der Waals surface area contributed by atoms with Crippen molar-refractivity contribution in [1.82, 2.24) is 0 Å². The van der Waals surface area contributed by atoms with Crippen molar-refractivity contribution in [3.05, 3.63) is 29.8 Å². The number of rotatable bonds is 4. The lowest BCUT2D eigenvalue weighted by atomic mass is 10.1. The third-order valence-electron chi connectivity index (χ3n) is 1.74. The fourth-order valence-corrected chi connectivity index (χ4v) is 1.61. The van der Waals surface area contributed by atoms with Crippen molar-refractivity contribution in [2.24, 2.45) is 5.73 Å².